The topological polar surface area (TPSA) is 75.3 Å². The highest BCUT2D eigenvalue weighted by atomic mass is 16.3. The first-order chi connectivity index (χ1) is 13.1. The molecule has 2 atom stereocenters. The van der Waals surface area contributed by atoms with Crippen molar-refractivity contribution in [3.8, 4) is 11.3 Å². The molecule has 138 valence electrons. The van der Waals surface area contributed by atoms with Gasteiger partial charge in [0, 0.05) is 23.5 Å². The van der Waals surface area contributed by atoms with Crippen molar-refractivity contribution in [3.63, 3.8) is 0 Å². The van der Waals surface area contributed by atoms with Crippen LogP contribution in [0.4, 0.5) is 5.82 Å². The third-order valence-corrected chi connectivity index (χ3v) is 6.76. The van der Waals surface area contributed by atoms with Crippen molar-refractivity contribution in [1.29, 1.82) is 0 Å². The fraction of sp³-hybridized carbons (Fsp3) is 0.476. The number of anilines is 1. The van der Waals surface area contributed by atoms with Crippen LogP contribution >= 0.6 is 0 Å². The van der Waals surface area contributed by atoms with Crippen molar-refractivity contribution in [2.45, 2.75) is 49.7 Å². The molecule has 4 aliphatic carbocycles. The standard InChI is InChI=1S/C21H23N5O/c27-21-10-14-7-15(11-21)9-20(8-14,13-21)24-18-1-2-19-23-12-17(26(19)25-18)16-3-5-22-6-4-16/h1-6,12,14-15,27H,7-11,13H2,(H,24,25). The van der Waals surface area contributed by atoms with Crippen molar-refractivity contribution < 1.29 is 5.11 Å². The first-order valence-electron chi connectivity index (χ1n) is 9.86. The zero-order valence-corrected chi connectivity index (χ0v) is 15.2. The zero-order valence-electron chi connectivity index (χ0n) is 15.2. The van der Waals surface area contributed by atoms with Crippen LogP contribution in [0, 0.1) is 11.8 Å². The van der Waals surface area contributed by atoms with Gasteiger partial charge in [-0.15, -0.1) is 5.10 Å². The third-order valence-electron chi connectivity index (χ3n) is 6.76. The van der Waals surface area contributed by atoms with Gasteiger partial charge >= 0.3 is 0 Å². The molecule has 0 amide bonds. The maximum absolute atomic E-state index is 11.0. The summed E-state index contributed by atoms with van der Waals surface area (Å²) in [6, 6.07) is 7.97. The number of fused-ring (bicyclic) bond motifs is 1. The number of aromatic nitrogens is 4. The van der Waals surface area contributed by atoms with Gasteiger partial charge in [0.1, 0.15) is 5.82 Å². The van der Waals surface area contributed by atoms with Gasteiger partial charge in [-0.05, 0) is 74.6 Å². The Morgan fingerprint density at radius 1 is 1.04 bits per heavy atom. The Balaban J connectivity index is 1.37. The van der Waals surface area contributed by atoms with Gasteiger partial charge in [0.05, 0.1) is 17.5 Å². The summed E-state index contributed by atoms with van der Waals surface area (Å²) < 4.78 is 1.90. The number of hydrogen-bond donors (Lipinski definition) is 2. The van der Waals surface area contributed by atoms with Crippen LogP contribution < -0.4 is 5.32 Å². The van der Waals surface area contributed by atoms with Crippen LogP contribution in [-0.2, 0) is 0 Å². The third kappa shape index (κ3) is 2.46. The van der Waals surface area contributed by atoms with Crippen molar-refractivity contribution in [2.75, 3.05) is 5.32 Å². The smallest absolute Gasteiger partial charge is 0.154 e. The molecule has 3 aromatic rings. The molecule has 0 aromatic carbocycles. The summed E-state index contributed by atoms with van der Waals surface area (Å²) >= 11 is 0. The Kier molecular flexibility index (Phi) is 3.05. The van der Waals surface area contributed by atoms with E-state index in [2.05, 4.69) is 15.3 Å². The first kappa shape index (κ1) is 15.6. The lowest BCUT2D eigenvalue weighted by Gasteiger charge is -2.60. The van der Waals surface area contributed by atoms with Gasteiger partial charge in [-0.2, -0.15) is 0 Å². The lowest BCUT2D eigenvalue weighted by molar-refractivity contribution is -0.127. The van der Waals surface area contributed by atoms with Gasteiger partial charge in [-0.3, -0.25) is 4.98 Å². The molecule has 4 fully saturated rings. The highest BCUT2D eigenvalue weighted by molar-refractivity contribution is 5.63. The number of hydrogen-bond acceptors (Lipinski definition) is 5. The van der Waals surface area contributed by atoms with Gasteiger partial charge in [-0.1, -0.05) is 0 Å². The van der Waals surface area contributed by atoms with E-state index in [0.717, 1.165) is 54.8 Å². The number of nitrogens with zero attached hydrogens (tertiary/aromatic N) is 4. The molecule has 6 heteroatoms. The lowest BCUT2D eigenvalue weighted by Crippen LogP contribution is -2.62. The average Bonchev–Trinajstić information content (AvgIpc) is 3.03. The van der Waals surface area contributed by atoms with Gasteiger partial charge in [0.2, 0.25) is 0 Å². The number of nitrogens with one attached hydrogen (secondary N) is 1. The van der Waals surface area contributed by atoms with Gasteiger partial charge in [-0.25, -0.2) is 9.50 Å². The second kappa shape index (κ2) is 5.29. The van der Waals surface area contributed by atoms with Gasteiger partial charge < -0.3 is 10.4 Å². The maximum Gasteiger partial charge on any atom is 0.154 e. The monoisotopic (exact) mass is 361 g/mol. The van der Waals surface area contributed by atoms with Crippen LogP contribution in [0.1, 0.15) is 38.5 Å². The second-order valence-corrected chi connectivity index (χ2v) is 8.96. The minimum Gasteiger partial charge on any atom is -0.390 e. The predicted molar refractivity (Wildman–Crippen MR) is 102 cm³/mol. The average molecular weight is 361 g/mol. The number of pyridine rings is 1. The summed E-state index contributed by atoms with van der Waals surface area (Å²) in [5.74, 6) is 2.16. The summed E-state index contributed by atoms with van der Waals surface area (Å²) in [4.78, 5) is 8.58. The molecule has 4 saturated carbocycles. The van der Waals surface area contributed by atoms with Crippen LogP contribution in [0.25, 0.3) is 16.9 Å². The summed E-state index contributed by atoms with van der Waals surface area (Å²) in [5, 5.41) is 19.6. The summed E-state index contributed by atoms with van der Waals surface area (Å²) in [6.07, 6.45) is 11.8. The van der Waals surface area contributed by atoms with E-state index in [1.165, 1.54) is 6.42 Å². The maximum atomic E-state index is 11.0. The molecule has 0 saturated heterocycles. The van der Waals surface area contributed by atoms with Crippen molar-refractivity contribution in [3.05, 3.63) is 42.9 Å². The van der Waals surface area contributed by atoms with Gasteiger partial charge in [0.15, 0.2) is 5.65 Å². The molecule has 0 spiro atoms. The van der Waals surface area contributed by atoms with E-state index in [-0.39, 0.29) is 5.54 Å². The molecule has 3 heterocycles. The molecule has 2 unspecified atom stereocenters. The Morgan fingerprint density at radius 3 is 2.56 bits per heavy atom. The largest absolute Gasteiger partial charge is 0.390 e. The predicted octanol–water partition coefficient (Wildman–Crippen LogP) is 3.29. The second-order valence-electron chi connectivity index (χ2n) is 8.96. The van der Waals surface area contributed by atoms with E-state index >= 15 is 0 Å². The molecule has 0 radical (unpaired) electrons. The Labute approximate surface area is 157 Å². The quantitative estimate of drug-likeness (QED) is 0.749. The summed E-state index contributed by atoms with van der Waals surface area (Å²) in [7, 11) is 0. The molecule has 27 heavy (non-hydrogen) atoms. The molecule has 3 aromatic heterocycles. The normalized spacial score (nSPS) is 34.3. The van der Waals surface area contributed by atoms with Crippen molar-refractivity contribution in [2.24, 2.45) is 11.8 Å². The van der Waals surface area contributed by atoms with Gasteiger partial charge in [0.25, 0.3) is 0 Å². The number of imidazole rings is 1. The van der Waals surface area contributed by atoms with Crippen molar-refractivity contribution >= 4 is 11.5 Å². The minimum atomic E-state index is -0.474. The fourth-order valence-corrected chi connectivity index (χ4v) is 6.29. The molecule has 7 rings (SSSR count). The van der Waals surface area contributed by atoms with Crippen molar-refractivity contribution in [1.82, 2.24) is 19.6 Å². The molecule has 0 aliphatic heterocycles. The molecule has 2 N–H and O–H groups in total. The number of rotatable bonds is 3. The van der Waals surface area contributed by atoms with E-state index in [1.807, 2.05) is 35.0 Å². The SMILES string of the molecule is OC12CC3CC(C1)CC(Nc1ccc4ncc(-c5ccncc5)n4n1)(C3)C2. The molecule has 4 bridgehead atoms. The highest BCUT2D eigenvalue weighted by Crippen LogP contribution is 2.58. The van der Waals surface area contributed by atoms with Crippen LogP contribution in [0.2, 0.25) is 0 Å². The Hall–Kier alpha value is -2.47. The van der Waals surface area contributed by atoms with Crippen LogP contribution in [0.15, 0.2) is 42.9 Å². The van der Waals surface area contributed by atoms with E-state index < -0.39 is 5.60 Å². The van der Waals surface area contributed by atoms with Crippen LogP contribution in [0.3, 0.4) is 0 Å². The Bertz CT molecular complexity index is 1000. The molecular formula is C21H23N5O. The number of aliphatic hydroxyl groups is 1. The van der Waals surface area contributed by atoms with Crippen LogP contribution in [0.5, 0.6) is 0 Å². The summed E-state index contributed by atoms with van der Waals surface area (Å²) in [5.41, 5.74) is 2.35. The minimum absolute atomic E-state index is 0.0169. The highest BCUT2D eigenvalue weighted by Gasteiger charge is 2.57. The van der Waals surface area contributed by atoms with E-state index in [0.29, 0.717) is 11.8 Å². The fourth-order valence-electron chi connectivity index (χ4n) is 6.29. The van der Waals surface area contributed by atoms with E-state index in [1.54, 1.807) is 12.4 Å². The van der Waals surface area contributed by atoms with E-state index in [9.17, 15) is 5.11 Å². The molecule has 6 nitrogen and oxygen atoms in total. The molecular weight excluding hydrogens is 338 g/mol. The lowest BCUT2D eigenvalue weighted by atomic mass is 9.51. The zero-order chi connectivity index (χ0) is 18.1. The first-order valence-corrected chi connectivity index (χ1v) is 9.86. The summed E-state index contributed by atoms with van der Waals surface area (Å²) in [6.45, 7) is 0. The van der Waals surface area contributed by atoms with E-state index in [4.69, 9.17) is 5.10 Å². The Morgan fingerprint density at radius 2 is 1.81 bits per heavy atom. The van der Waals surface area contributed by atoms with Crippen LogP contribution in [-0.4, -0.2) is 35.8 Å². The molecule has 4 aliphatic rings.